The number of aromatic nitrogens is 1. The fraction of sp³-hybridized carbons (Fsp3) is 0.238. The quantitative estimate of drug-likeness (QED) is 0.582. The molecule has 1 aliphatic rings. The van der Waals surface area contributed by atoms with Gasteiger partial charge in [0.2, 0.25) is 0 Å². The van der Waals surface area contributed by atoms with Gasteiger partial charge in [0.25, 0.3) is 5.91 Å². The van der Waals surface area contributed by atoms with E-state index >= 15 is 0 Å². The molecule has 2 aromatic carbocycles. The highest BCUT2D eigenvalue weighted by molar-refractivity contribution is 7.16. The molecule has 0 unspecified atom stereocenters. The third-order valence-electron chi connectivity index (χ3n) is 4.30. The third kappa shape index (κ3) is 3.97. The van der Waals surface area contributed by atoms with Crippen LogP contribution in [0.15, 0.2) is 54.0 Å². The summed E-state index contributed by atoms with van der Waals surface area (Å²) >= 11 is 1.41. The molecule has 1 aromatic heterocycles. The number of ether oxygens (including phenoxy) is 4. The van der Waals surface area contributed by atoms with Crippen LogP contribution in [-0.2, 0) is 11.3 Å². The molecule has 0 radical (unpaired) electrons. The molecule has 4 rings (SSSR count). The number of allylic oxidation sites excluding steroid dienone is 1. The molecule has 0 bridgehead atoms. The van der Waals surface area contributed by atoms with Crippen molar-refractivity contribution in [1.29, 1.82) is 0 Å². The lowest BCUT2D eigenvalue weighted by Gasteiger charge is -2.18. The van der Waals surface area contributed by atoms with Crippen LogP contribution in [0.3, 0.4) is 0 Å². The lowest BCUT2D eigenvalue weighted by Crippen LogP contribution is -2.19. The van der Waals surface area contributed by atoms with E-state index in [2.05, 4.69) is 11.6 Å². The maximum Gasteiger partial charge on any atom is 0.286 e. The zero-order valence-electron chi connectivity index (χ0n) is 15.9. The minimum absolute atomic E-state index is 0.189. The van der Waals surface area contributed by atoms with Crippen LogP contribution in [0.4, 0.5) is 0 Å². The van der Waals surface area contributed by atoms with Gasteiger partial charge in [0.05, 0.1) is 17.3 Å². The number of methoxy groups -OCH3 is 1. The fourth-order valence-electron chi connectivity index (χ4n) is 3.01. The molecule has 150 valence electrons. The van der Waals surface area contributed by atoms with Gasteiger partial charge >= 0.3 is 0 Å². The first kappa shape index (κ1) is 19.1. The number of amides is 1. The minimum Gasteiger partial charge on any atom is -0.493 e. The Balaban J connectivity index is 1.64. The van der Waals surface area contributed by atoms with Crippen LogP contribution in [0, 0.1) is 0 Å². The minimum atomic E-state index is -0.391. The molecule has 0 atom stereocenters. The van der Waals surface area contributed by atoms with Crippen LogP contribution < -0.4 is 23.7 Å². The fourth-order valence-corrected chi connectivity index (χ4v) is 4.08. The Morgan fingerprint density at radius 3 is 2.69 bits per heavy atom. The van der Waals surface area contributed by atoms with Gasteiger partial charge in [-0.1, -0.05) is 29.5 Å². The second-order valence-corrected chi connectivity index (χ2v) is 7.20. The van der Waals surface area contributed by atoms with Crippen molar-refractivity contribution in [2.75, 3.05) is 26.9 Å². The molecule has 2 heterocycles. The lowest BCUT2D eigenvalue weighted by atomic mass is 10.2. The summed E-state index contributed by atoms with van der Waals surface area (Å²) in [6.45, 7) is 5.17. The molecule has 3 aromatic rings. The normalized spacial score (nSPS) is 13.3. The van der Waals surface area contributed by atoms with E-state index < -0.39 is 5.91 Å². The monoisotopic (exact) mass is 412 g/mol. The molecule has 7 nitrogen and oxygen atoms in total. The maximum absolute atomic E-state index is 12.5. The van der Waals surface area contributed by atoms with Crippen LogP contribution in [0.5, 0.6) is 23.0 Å². The predicted octanol–water partition coefficient (Wildman–Crippen LogP) is 3.17. The summed E-state index contributed by atoms with van der Waals surface area (Å²) in [5, 5.41) is 0. The molecule has 0 spiro atoms. The van der Waals surface area contributed by atoms with Crippen molar-refractivity contribution >= 4 is 27.5 Å². The third-order valence-corrected chi connectivity index (χ3v) is 5.34. The van der Waals surface area contributed by atoms with Gasteiger partial charge in [-0.25, -0.2) is 0 Å². The molecule has 0 aliphatic carbocycles. The standard InChI is InChI=1S/C21H20N2O5S/c1-3-8-23-14-11-17-18(27-10-9-26-17)12-19(14)29-21(23)22-20(24)13-28-16-7-5-4-6-15(16)25-2/h3-7,11-12H,1,8-10,13H2,2H3. The van der Waals surface area contributed by atoms with Gasteiger partial charge in [0, 0.05) is 18.7 Å². The van der Waals surface area contributed by atoms with E-state index in [9.17, 15) is 4.79 Å². The second kappa shape index (κ2) is 8.40. The van der Waals surface area contributed by atoms with E-state index in [-0.39, 0.29) is 6.61 Å². The average molecular weight is 412 g/mol. The van der Waals surface area contributed by atoms with Crippen LogP contribution in [-0.4, -0.2) is 37.4 Å². The van der Waals surface area contributed by atoms with E-state index in [4.69, 9.17) is 18.9 Å². The number of hydrogen-bond acceptors (Lipinski definition) is 6. The van der Waals surface area contributed by atoms with Gasteiger partial charge in [0.1, 0.15) is 13.2 Å². The number of carbonyl (C=O) groups is 1. The Hall–Kier alpha value is -3.26. The Labute approximate surface area is 171 Å². The van der Waals surface area contributed by atoms with E-state index in [1.807, 2.05) is 28.8 Å². The van der Waals surface area contributed by atoms with Crippen LogP contribution in [0.25, 0.3) is 10.2 Å². The molecule has 8 heteroatoms. The topological polar surface area (TPSA) is 71.3 Å². The summed E-state index contributed by atoms with van der Waals surface area (Å²) in [4.78, 5) is 17.3. The van der Waals surface area contributed by atoms with Gasteiger partial charge in [-0.05, 0) is 12.1 Å². The largest absolute Gasteiger partial charge is 0.493 e. The first-order chi connectivity index (χ1) is 14.2. The highest BCUT2D eigenvalue weighted by Crippen LogP contribution is 2.35. The molecule has 0 saturated carbocycles. The van der Waals surface area contributed by atoms with Crippen LogP contribution >= 0.6 is 11.3 Å². The Kier molecular flexibility index (Phi) is 5.53. The summed E-state index contributed by atoms with van der Waals surface area (Å²) < 4.78 is 25.0. The van der Waals surface area contributed by atoms with Crippen molar-refractivity contribution in [3.63, 3.8) is 0 Å². The zero-order valence-corrected chi connectivity index (χ0v) is 16.7. The highest BCUT2D eigenvalue weighted by atomic mass is 32.1. The van der Waals surface area contributed by atoms with Gasteiger partial charge in [-0.2, -0.15) is 4.99 Å². The SMILES string of the molecule is C=CCn1c(=NC(=O)COc2ccccc2OC)sc2cc3c(cc21)OCCO3. The summed E-state index contributed by atoms with van der Waals surface area (Å²) in [5.41, 5.74) is 0.913. The van der Waals surface area contributed by atoms with Gasteiger partial charge < -0.3 is 23.5 Å². The summed E-state index contributed by atoms with van der Waals surface area (Å²) in [5.74, 6) is 2.06. The smallest absolute Gasteiger partial charge is 0.286 e. The average Bonchev–Trinajstić information content (AvgIpc) is 3.07. The summed E-state index contributed by atoms with van der Waals surface area (Å²) in [6, 6.07) is 11.0. The van der Waals surface area contributed by atoms with Crippen LogP contribution in [0.1, 0.15) is 0 Å². The maximum atomic E-state index is 12.5. The van der Waals surface area contributed by atoms with Crippen molar-refractivity contribution in [3.05, 3.63) is 53.9 Å². The Morgan fingerprint density at radius 2 is 1.97 bits per heavy atom. The molecule has 1 amide bonds. The molecular formula is C21H20N2O5S. The van der Waals surface area contributed by atoms with Crippen molar-refractivity contribution in [2.45, 2.75) is 6.54 Å². The first-order valence-corrected chi connectivity index (χ1v) is 9.88. The molecule has 0 saturated heterocycles. The van der Waals surface area contributed by atoms with E-state index in [0.717, 1.165) is 10.2 Å². The van der Waals surface area contributed by atoms with Crippen molar-refractivity contribution in [1.82, 2.24) is 4.57 Å². The molecule has 1 aliphatic heterocycles. The molecule has 0 fully saturated rings. The number of fused-ring (bicyclic) bond motifs is 2. The summed E-state index contributed by atoms with van der Waals surface area (Å²) in [7, 11) is 1.55. The Morgan fingerprint density at radius 1 is 1.24 bits per heavy atom. The number of benzene rings is 2. The highest BCUT2D eigenvalue weighted by Gasteiger charge is 2.16. The predicted molar refractivity (Wildman–Crippen MR) is 110 cm³/mol. The van der Waals surface area contributed by atoms with E-state index in [1.165, 1.54) is 11.3 Å². The number of para-hydroxylation sites is 2. The summed E-state index contributed by atoms with van der Waals surface area (Å²) in [6.07, 6.45) is 1.76. The van der Waals surface area contributed by atoms with Crippen molar-refractivity contribution in [3.8, 4) is 23.0 Å². The number of nitrogens with zero attached hydrogens (tertiary/aromatic N) is 2. The lowest BCUT2D eigenvalue weighted by molar-refractivity contribution is -0.120. The van der Waals surface area contributed by atoms with Gasteiger partial charge in [-0.15, -0.1) is 6.58 Å². The van der Waals surface area contributed by atoms with Crippen molar-refractivity contribution < 1.29 is 23.7 Å². The molecule has 0 N–H and O–H groups in total. The van der Waals surface area contributed by atoms with E-state index in [1.54, 1.807) is 25.3 Å². The van der Waals surface area contributed by atoms with Gasteiger partial charge in [0.15, 0.2) is 34.4 Å². The number of thiazole rings is 1. The number of carbonyl (C=O) groups excluding carboxylic acids is 1. The van der Waals surface area contributed by atoms with E-state index in [0.29, 0.717) is 47.6 Å². The van der Waals surface area contributed by atoms with Crippen LogP contribution in [0.2, 0.25) is 0 Å². The molecule has 29 heavy (non-hydrogen) atoms. The Bertz CT molecular complexity index is 1130. The number of rotatable bonds is 6. The van der Waals surface area contributed by atoms with Gasteiger partial charge in [-0.3, -0.25) is 4.79 Å². The second-order valence-electron chi connectivity index (χ2n) is 6.19. The zero-order chi connectivity index (χ0) is 20.2. The molecular weight excluding hydrogens is 392 g/mol. The van der Waals surface area contributed by atoms with Crippen molar-refractivity contribution in [2.24, 2.45) is 4.99 Å². The first-order valence-electron chi connectivity index (χ1n) is 9.07. The number of hydrogen-bond donors (Lipinski definition) is 0.